The predicted octanol–water partition coefficient (Wildman–Crippen LogP) is 2.38. The third kappa shape index (κ3) is 5.48. The van der Waals surface area contributed by atoms with Gasteiger partial charge >= 0.3 is 0 Å². The van der Waals surface area contributed by atoms with Gasteiger partial charge in [-0.25, -0.2) is 0 Å². The maximum absolute atomic E-state index is 12.7. The van der Waals surface area contributed by atoms with Gasteiger partial charge in [-0.1, -0.05) is 18.2 Å². The van der Waals surface area contributed by atoms with E-state index in [1.54, 1.807) is 19.2 Å². The molecule has 3 rings (SSSR count). The fourth-order valence-electron chi connectivity index (χ4n) is 3.19. The molecule has 0 bridgehead atoms. The van der Waals surface area contributed by atoms with Crippen LogP contribution in [0.1, 0.15) is 29.6 Å². The number of aliphatic hydroxyl groups is 1. The molecule has 1 aliphatic rings. The molecular formula is C20H27IN4O3. The van der Waals surface area contributed by atoms with Gasteiger partial charge in [0.25, 0.3) is 0 Å². The first-order valence-electron chi connectivity index (χ1n) is 9.15. The van der Waals surface area contributed by atoms with Crippen LogP contribution in [0, 0.1) is 6.92 Å². The highest BCUT2D eigenvalue weighted by Gasteiger charge is 2.22. The van der Waals surface area contributed by atoms with E-state index in [-0.39, 0.29) is 43.0 Å². The first-order chi connectivity index (χ1) is 13.1. The zero-order valence-electron chi connectivity index (χ0n) is 16.1. The number of benzene rings is 1. The minimum atomic E-state index is -0.790. The van der Waals surface area contributed by atoms with Crippen molar-refractivity contribution in [1.29, 1.82) is 0 Å². The van der Waals surface area contributed by atoms with Crippen LogP contribution in [0.4, 0.5) is 5.69 Å². The van der Waals surface area contributed by atoms with Crippen LogP contribution in [-0.4, -0.2) is 43.7 Å². The highest BCUT2D eigenvalue weighted by molar-refractivity contribution is 14.0. The van der Waals surface area contributed by atoms with E-state index in [1.807, 2.05) is 30.0 Å². The number of fused-ring (bicyclic) bond motifs is 1. The average Bonchev–Trinajstić information content (AvgIpc) is 3.13. The molecule has 0 saturated carbocycles. The van der Waals surface area contributed by atoms with E-state index in [0.29, 0.717) is 11.7 Å². The molecule has 1 amide bonds. The molecule has 1 aliphatic heterocycles. The number of anilines is 1. The predicted molar refractivity (Wildman–Crippen MR) is 120 cm³/mol. The SMILES string of the molecule is CN=C(NCC(=O)N1CCCc2ccccc21)NCC(O)c1ccc(C)o1.I. The fraction of sp³-hybridized carbons (Fsp3) is 0.400. The number of carbonyl (C=O) groups is 1. The number of guanidine groups is 1. The molecule has 2 aromatic rings. The maximum Gasteiger partial charge on any atom is 0.246 e. The minimum Gasteiger partial charge on any atom is -0.464 e. The number of para-hydroxylation sites is 1. The Bertz CT molecular complexity index is 821. The second kappa shape index (κ2) is 10.5. The Morgan fingerprint density at radius 2 is 2.07 bits per heavy atom. The van der Waals surface area contributed by atoms with E-state index in [2.05, 4.69) is 21.7 Å². The van der Waals surface area contributed by atoms with Gasteiger partial charge in [0.15, 0.2) is 5.96 Å². The molecule has 0 spiro atoms. The van der Waals surface area contributed by atoms with Gasteiger partial charge in [0.2, 0.25) is 5.91 Å². The van der Waals surface area contributed by atoms with Crippen molar-refractivity contribution in [3.63, 3.8) is 0 Å². The summed E-state index contributed by atoms with van der Waals surface area (Å²) in [6.07, 6.45) is 1.17. The lowest BCUT2D eigenvalue weighted by Gasteiger charge is -2.29. The van der Waals surface area contributed by atoms with Crippen molar-refractivity contribution >= 4 is 41.5 Å². The largest absolute Gasteiger partial charge is 0.464 e. The molecule has 0 aliphatic carbocycles. The lowest BCUT2D eigenvalue weighted by atomic mass is 10.0. The molecule has 8 heteroatoms. The van der Waals surface area contributed by atoms with Gasteiger partial charge in [0.1, 0.15) is 17.6 Å². The summed E-state index contributed by atoms with van der Waals surface area (Å²) in [5.41, 5.74) is 2.19. The van der Waals surface area contributed by atoms with Crippen molar-refractivity contribution in [2.45, 2.75) is 25.9 Å². The smallest absolute Gasteiger partial charge is 0.246 e. The van der Waals surface area contributed by atoms with Gasteiger partial charge in [0, 0.05) is 19.3 Å². The Labute approximate surface area is 182 Å². The number of aliphatic imine (C=N–C) groups is 1. The molecule has 7 nitrogen and oxygen atoms in total. The van der Waals surface area contributed by atoms with Crippen LogP contribution in [-0.2, 0) is 11.2 Å². The number of aliphatic hydroxyl groups excluding tert-OH is 1. The van der Waals surface area contributed by atoms with Crippen LogP contribution in [0.25, 0.3) is 0 Å². The van der Waals surface area contributed by atoms with E-state index in [0.717, 1.165) is 30.8 Å². The second-order valence-corrected chi connectivity index (χ2v) is 6.55. The Hall–Kier alpha value is -2.07. The van der Waals surface area contributed by atoms with Crippen molar-refractivity contribution in [3.05, 3.63) is 53.5 Å². The number of halogens is 1. The average molecular weight is 498 g/mol. The van der Waals surface area contributed by atoms with Gasteiger partial charge in [-0.3, -0.25) is 9.79 Å². The molecule has 152 valence electrons. The molecule has 1 aromatic heterocycles. The summed E-state index contributed by atoms with van der Waals surface area (Å²) in [7, 11) is 1.62. The summed E-state index contributed by atoms with van der Waals surface area (Å²) >= 11 is 0. The Morgan fingerprint density at radius 3 is 2.79 bits per heavy atom. The third-order valence-electron chi connectivity index (χ3n) is 4.59. The molecule has 0 radical (unpaired) electrons. The summed E-state index contributed by atoms with van der Waals surface area (Å²) in [6.45, 7) is 2.91. The molecule has 2 heterocycles. The summed E-state index contributed by atoms with van der Waals surface area (Å²) in [5.74, 6) is 1.69. The lowest BCUT2D eigenvalue weighted by molar-refractivity contribution is -0.117. The zero-order valence-corrected chi connectivity index (χ0v) is 18.5. The molecule has 0 saturated heterocycles. The fourth-order valence-corrected chi connectivity index (χ4v) is 3.19. The van der Waals surface area contributed by atoms with E-state index in [1.165, 1.54) is 5.56 Å². The number of hydrogen-bond acceptors (Lipinski definition) is 4. The van der Waals surface area contributed by atoms with Gasteiger partial charge in [0.05, 0.1) is 13.1 Å². The van der Waals surface area contributed by atoms with E-state index < -0.39 is 6.10 Å². The van der Waals surface area contributed by atoms with Crippen LogP contribution < -0.4 is 15.5 Å². The summed E-state index contributed by atoms with van der Waals surface area (Å²) in [4.78, 5) is 18.6. The highest BCUT2D eigenvalue weighted by Crippen LogP contribution is 2.26. The summed E-state index contributed by atoms with van der Waals surface area (Å²) in [6, 6.07) is 11.6. The summed E-state index contributed by atoms with van der Waals surface area (Å²) < 4.78 is 5.41. The minimum absolute atomic E-state index is 0. The molecule has 1 unspecified atom stereocenters. The van der Waals surface area contributed by atoms with Gasteiger partial charge in [-0.2, -0.15) is 0 Å². The molecule has 1 atom stereocenters. The van der Waals surface area contributed by atoms with Gasteiger partial charge in [-0.15, -0.1) is 24.0 Å². The maximum atomic E-state index is 12.7. The Morgan fingerprint density at radius 1 is 1.29 bits per heavy atom. The van der Waals surface area contributed by atoms with Crippen molar-refractivity contribution in [3.8, 4) is 0 Å². The summed E-state index contributed by atoms with van der Waals surface area (Å²) in [5, 5.41) is 16.2. The number of carbonyl (C=O) groups excluding carboxylic acids is 1. The first kappa shape index (κ1) is 22.2. The lowest BCUT2D eigenvalue weighted by Crippen LogP contribution is -2.46. The first-order valence-corrected chi connectivity index (χ1v) is 9.15. The van der Waals surface area contributed by atoms with E-state index in [4.69, 9.17) is 4.42 Å². The number of rotatable bonds is 5. The molecule has 1 aromatic carbocycles. The number of hydrogen-bond donors (Lipinski definition) is 3. The topological polar surface area (TPSA) is 90.1 Å². The van der Waals surface area contributed by atoms with E-state index in [9.17, 15) is 9.90 Å². The van der Waals surface area contributed by atoms with Crippen LogP contribution in [0.15, 0.2) is 45.8 Å². The van der Waals surface area contributed by atoms with Crippen molar-refractivity contribution < 1.29 is 14.3 Å². The van der Waals surface area contributed by atoms with E-state index >= 15 is 0 Å². The molecule has 3 N–H and O–H groups in total. The van der Waals surface area contributed by atoms with Crippen LogP contribution in [0.3, 0.4) is 0 Å². The van der Waals surface area contributed by atoms with Crippen molar-refractivity contribution in [1.82, 2.24) is 10.6 Å². The third-order valence-corrected chi connectivity index (χ3v) is 4.59. The number of amides is 1. The van der Waals surface area contributed by atoms with Crippen molar-refractivity contribution in [2.75, 3.05) is 31.6 Å². The number of nitrogens with zero attached hydrogens (tertiary/aromatic N) is 2. The zero-order chi connectivity index (χ0) is 19.2. The number of furan rings is 1. The quantitative estimate of drug-likeness (QED) is 0.335. The molecular weight excluding hydrogens is 471 g/mol. The van der Waals surface area contributed by atoms with Gasteiger partial charge < -0.3 is 25.1 Å². The van der Waals surface area contributed by atoms with Crippen LogP contribution in [0.2, 0.25) is 0 Å². The number of nitrogens with one attached hydrogen (secondary N) is 2. The Balaban J connectivity index is 0.00000280. The number of aryl methyl sites for hydroxylation is 2. The standard InChI is InChI=1S/C20H26N4O3.HI/c1-14-9-10-18(27-14)17(25)12-22-20(21-2)23-13-19(26)24-11-5-7-15-6-3-4-8-16(15)24;/h3-4,6,8-10,17,25H,5,7,11-13H2,1-2H3,(H2,21,22,23);1H. The van der Waals surface area contributed by atoms with Gasteiger partial charge in [-0.05, 0) is 43.5 Å². The normalized spacial score (nSPS) is 14.7. The monoisotopic (exact) mass is 498 g/mol. The van der Waals surface area contributed by atoms with Crippen LogP contribution in [0.5, 0.6) is 0 Å². The Kier molecular flexibility index (Phi) is 8.31. The van der Waals surface area contributed by atoms with Crippen molar-refractivity contribution in [2.24, 2.45) is 4.99 Å². The highest BCUT2D eigenvalue weighted by atomic mass is 127. The molecule has 0 fully saturated rings. The second-order valence-electron chi connectivity index (χ2n) is 6.55. The molecule has 28 heavy (non-hydrogen) atoms. The van der Waals surface area contributed by atoms with Crippen LogP contribution >= 0.6 is 24.0 Å².